The molecule has 0 spiro atoms. The highest BCUT2D eigenvalue weighted by Gasteiger charge is 2.33. The number of rotatable bonds is 9. The molecule has 0 bridgehead atoms. The van der Waals surface area contributed by atoms with Crippen molar-refractivity contribution in [1.82, 2.24) is 10.3 Å². The number of pyridine rings is 1. The van der Waals surface area contributed by atoms with E-state index in [-0.39, 0.29) is 36.9 Å². The van der Waals surface area contributed by atoms with Crippen LogP contribution in [0.5, 0.6) is 5.75 Å². The molecule has 7 nitrogen and oxygen atoms in total. The molecule has 3 N–H and O–H groups in total. The van der Waals surface area contributed by atoms with Gasteiger partial charge < -0.3 is 20.7 Å². The quantitative estimate of drug-likeness (QED) is 0.210. The summed E-state index contributed by atoms with van der Waals surface area (Å²) in [5.74, 6) is -2.91. The summed E-state index contributed by atoms with van der Waals surface area (Å²) in [7, 11) is 0. The maximum Gasteiger partial charge on any atom is 0.417 e. The number of aromatic nitrogens is 1. The van der Waals surface area contributed by atoms with Gasteiger partial charge in [0.25, 0.3) is 5.91 Å². The minimum absolute atomic E-state index is 0.0111. The molecule has 42 heavy (non-hydrogen) atoms. The van der Waals surface area contributed by atoms with Crippen LogP contribution >= 0.6 is 0 Å². The molecule has 5 rings (SSSR count). The average molecular weight is 583 g/mol. The van der Waals surface area contributed by atoms with Crippen molar-refractivity contribution >= 4 is 23.3 Å². The lowest BCUT2D eigenvalue weighted by molar-refractivity contribution is -0.137. The summed E-state index contributed by atoms with van der Waals surface area (Å²) in [4.78, 5) is 28.7. The van der Waals surface area contributed by atoms with E-state index in [1.807, 2.05) is 0 Å². The first kappa shape index (κ1) is 28.5. The normalized spacial score (nSPS) is 13.2. The Kier molecular flexibility index (Phi) is 8.05. The third kappa shape index (κ3) is 6.65. The molecular formula is C30H23F5N4O3. The fourth-order valence-corrected chi connectivity index (χ4v) is 4.38. The lowest BCUT2D eigenvalue weighted by Crippen LogP contribution is -2.27. The van der Waals surface area contributed by atoms with Crippen LogP contribution in [0.3, 0.4) is 0 Å². The van der Waals surface area contributed by atoms with Crippen LogP contribution in [0.1, 0.15) is 38.7 Å². The summed E-state index contributed by atoms with van der Waals surface area (Å²) >= 11 is 0. The van der Waals surface area contributed by atoms with E-state index in [1.54, 1.807) is 48.5 Å². The van der Waals surface area contributed by atoms with Crippen molar-refractivity contribution < 1.29 is 36.3 Å². The van der Waals surface area contributed by atoms with E-state index >= 15 is 0 Å². The summed E-state index contributed by atoms with van der Waals surface area (Å²) in [6.45, 7) is -0.282. The molecule has 12 heteroatoms. The number of carbonyl (C=O) groups is 2. The van der Waals surface area contributed by atoms with E-state index in [4.69, 9.17) is 4.74 Å². The van der Waals surface area contributed by atoms with Crippen LogP contribution in [0.15, 0.2) is 79.0 Å². The summed E-state index contributed by atoms with van der Waals surface area (Å²) in [6, 6.07) is 17.0. The maximum absolute atomic E-state index is 13.6. The fourth-order valence-electron chi connectivity index (χ4n) is 4.38. The van der Waals surface area contributed by atoms with Gasteiger partial charge in [-0.15, -0.1) is 0 Å². The molecule has 0 saturated carbocycles. The number of amides is 2. The second-order valence-electron chi connectivity index (χ2n) is 9.51. The average Bonchev–Trinajstić information content (AvgIpc) is 3.35. The van der Waals surface area contributed by atoms with Crippen molar-refractivity contribution in [2.45, 2.75) is 25.2 Å². The molecule has 3 aromatic carbocycles. The summed E-state index contributed by atoms with van der Waals surface area (Å²) in [5, 5.41) is 8.20. The molecule has 1 aliphatic rings. The molecule has 2 amide bonds. The molecule has 0 fully saturated rings. The number of halogens is 5. The molecule has 0 radical (unpaired) electrons. The smallest absolute Gasteiger partial charge is 0.417 e. The second kappa shape index (κ2) is 11.9. The van der Waals surface area contributed by atoms with Crippen molar-refractivity contribution in [3.05, 3.63) is 118 Å². The Balaban J connectivity index is 1.40. The molecule has 1 aliphatic heterocycles. The van der Waals surface area contributed by atoms with Crippen LogP contribution in [0, 0.1) is 11.6 Å². The van der Waals surface area contributed by atoms with Gasteiger partial charge in [0.05, 0.1) is 23.6 Å². The highest BCUT2D eigenvalue weighted by molar-refractivity contribution is 5.99. The van der Waals surface area contributed by atoms with Gasteiger partial charge in [0.15, 0.2) is 11.6 Å². The van der Waals surface area contributed by atoms with Gasteiger partial charge in [-0.3, -0.25) is 9.59 Å². The van der Waals surface area contributed by atoms with E-state index in [9.17, 15) is 31.5 Å². The fraction of sp³-hybridized carbons (Fsp3) is 0.167. The number of nitrogens with one attached hydrogen (secondary N) is 3. The monoisotopic (exact) mass is 582 g/mol. The molecular weight excluding hydrogens is 559 g/mol. The molecule has 0 unspecified atom stereocenters. The molecule has 0 aliphatic carbocycles. The number of alkyl halides is 3. The Morgan fingerprint density at radius 2 is 1.79 bits per heavy atom. The molecule has 1 atom stereocenters. The SMILES string of the molecule is O=C1Cc2cc(OC[C@H](Nc3ncc(C(F)(F)F)cc3C(=O)NCc3ccc(F)c(F)c3)c3ccccc3)ccc2N1. The first-order valence-electron chi connectivity index (χ1n) is 12.7. The number of hydrogen-bond acceptors (Lipinski definition) is 5. The van der Waals surface area contributed by atoms with Crippen molar-refractivity contribution in [3.63, 3.8) is 0 Å². The van der Waals surface area contributed by atoms with Gasteiger partial charge in [0, 0.05) is 18.4 Å². The van der Waals surface area contributed by atoms with E-state index in [0.29, 0.717) is 29.3 Å². The van der Waals surface area contributed by atoms with Crippen molar-refractivity contribution in [2.75, 3.05) is 17.2 Å². The largest absolute Gasteiger partial charge is 0.491 e. The van der Waals surface area contributed by atoms with Crippen LogP contribution in [0.25, 0.3) is 0 Å². The highest BCUT2D eigenvalue weighted by Crippen LogP contribution is 2.32. The lowest BCUT2D eigenvalue weighted by Gasteiger charge is -2.22. The van der Waals surface area contributed by atoms with Gasteiger partial charge in [-0.2, -0.15) is 13.2 Å². The highest BCUT2D eigenvalue weighted by atomic mass is 19.4. The summed E-state index contributed by atoms with van der Waals surface area (Å²) < 4.78 is 73.5. The van der Waals surface area contributed by atoms with Gasteiger partial charge in [0.2, 0.25) is 5.91 Å². The molecule has 4 aromatic rings. The predicted molar refractivity (Wildman–Crippen MR) is 144 cm³/mol. The van der Waals surface area contributed by atoms with Crippen LogP contribution in [0.4, 0.5) is 33.5 Å². The number of ether oxygens (including phenoxy) is 1. The Morgan fingerprint density at radius 1 is 1.00 bits per heavy atom. The zero-order chi connectivity index (χ0) is 29.9. The topological polar surface area (TPSA) is 92.3 Å². The van der Waals surface area contributed by atoms with Crippen LogP contribution in [0.2, 0.25) is 0 Å². The lowest BCUT2D eigenvalue weighted by atomic mass is 10.1. The summed E-state index contributed by atoms with van der Waals surface area (Å²) in [5.41, 5.74) is 0.823. The molecule has 1 aromatic heterocycles. The number of benzene rings is 3. The first-order chi connectivity index (χ1) is 20.1. The van der Waals surface area contributed by atoms with E-state index < -0.39 is 40.9 Å². The first-order valence-corrected chi connectivity index (χ1v) is 12.7. The predicted octanol–water partition coefficient (Wildman–Crippen LogP) is 6.04. The van der Waals surface area contributed by atoms with Crippen molar-refractivity contribution in [1.29, 1.82) is 0 Å². The Labute approximate surface area is 236 Å². The van der Waals surface area contributed by atoms with Crippen LogP contribution in [-0.4, -0.2) is 23.4 Å². The molecule has 2 heterocycles. The van der Waals surface area contributed by atoms with Gasteiger partial charge in [-0.05, 0) is 53.1 Å². The number of hydrogen-bond donors (Lipinski definition) is 3. The van der Waals surface area contributed by atoms with Gasteiger partial charge >= 0.3 is 6.18 Å². The number of anilines is 2. The zero-order valence-electron chi connectivity index (χ0n) is 21.8. The third-order valence-corrected chi connectivity index (χ3v) is 6.53. The van der Waals surface area contributed by atoms with Gasteiger partial charge in [-0.25, -0.2) is 13.8 Å². The van der Waals surface area contributed by atoms with E-state index in [2.05, 4.69) is 20.9 Å². The third-order valence-electron chi connectivity index (χ3n) is 6.53. The number of carbonyl (C=O) groups excluding carboxylic acids is 2. The minimum atomic E-state index is -4.77. The van der Waals surface area contributed by atoms with E-state index in [0.717, 1.165) is 17.7 Å². The summed E-state index contributed by atoms with van der Waals surface area (Å²) in [6.07, 6.45) is -3.94. The number of nitrogens with zero attached hydrogens (tertiary/aromatic N) is 1. The molecule has 0 saturated heterocycles. The Bertz CT molecular complexity index is 1630. The van der Waals surface area contributed by atoms with E-state index in [1.165, 1.54) is 6.07 Å². The van der Waals surface area contributed by atoms with Crippen molar-refractivity contribution in [3.8, 4) is 5.75 Å². The van der Waals surface area contributed by atoms with Crippen LogP contribution < -0.4 is 20.7 Å². The van der Waals surface area contributed by atoms with Crippen LogP contribution in [-0.2, 0) is 23.9 Å². The van der Waals surface area contributed by atoms with Gasteiger partial charge in [0.1, 0.15) is 18.2 Å². The van der Waals surface area contributed by atoms with Gasteiger partial charge in [-0.1, -0.05) is 36.4 Å². The maximum atomic E-state index is 13.6. The standard InChI is InChI=1S/C30H23F5N4O3/c31-23-8-6-17(10-24(23)32)14-37-29(41)22-13-20(30(33,34)35)15-36-28(22)39-26(18-4-2-1-3-5-18)16-42-21-7-9-25-19(11-21)12-27(40)38-25/h1-11,13,15,26H,12,14,16H2,(H,36,39)(H,37,41)(H,38,40)/t26-/m0/s1. The second-order valence-corrected chi connectivity index (χ2v) is 9.51. The zero-order valence-corrected chi connectivity index (χ0v) is 21.8. The minimum Gasteiger partial charge on any atom is -0.491 e. The Hall–Kier alpha value is -5.00. The molecule has 216 valence electrons. The number of fused-ring (bicyclic) bond motifs is 1. The van der Waals surface area contributed by atoms with Crippen molar-refractivity contribution in [2.24, 2.45) is 0 Å². The Morgan fingerprint density at radius 3 is 2.52 bits per heavy atom.